The second-order valence-corrected chi connectivity index (χ2v) is 6.36. The maximum Gasteiger partial charge on any atom is 0.322 e. The first-order chi connectivity index (χ1) is 11.5. The van der Waals surface area contributed by atoms with Crippen molar-refractivity contribution in [3.63, 3.8) is 0 Å². The Morgan fingerprint density at radius 3 is 2.83 bits per heavy atom. The van der Waals surface area contributed by atoms with Crippen LogP contribution in [0.5, 0.6) is 0 Å². The van der Waals surface area contributed by atoms with E-state index >= 15 is 0 Å². The van der Waals surface area contributed by atoms with Crippen LogP contribution in [0.4, 0.5) is 10.5 Å². The third-order valence-electron chi connectivity index (χ3n) is 4.24. The number of carbonyl (C=O) groups excluding carboxylic acids is 3. The molecular formula is C17H22N4O3. The molecule has 0 aromatic heterocycles. The molecule has 7 heteroatoms. The van der Waals surface area contributed by atoms with Crippen molar-refractivity contribution in [3.05, 3.63) is 29.8 Å². The SMILES string of the molecule is CC1CC(=O)NCCN1C(=O)Nc1cccc(C(=O)NC2CC2)c1. The number of hydrogen-bond acceptors (Lipinski definition) is 3. The zero-order valence-electron chi connectivity index (χ0n) is 13.7. The minimum Gasteiger partial charge on any atom is -0.354 e. The van der Waals surface area contributed by atoms with Crippen molar-refractivity contribution in [2.24, 2.45) is 0 Å². The molecule has 24 heavy (non-hydrogen) atoms. The summed E-state index contributed by atoms with van der Waals surface area (Å²) in [6, 6.07) is 6.74. The quantitative estimate of drug-likeness (QED) is 0.781. The number of nitrogens with one attached hydrogen (secondary N) is 3. The van der Waals surface area contributed by atoms with E-state index in [0.717, 1.165) is 12.8 Å². The van der Waals surface area contributed by atoms with Gasteiger partial charge in [0.05, 0.1) is 0 Å². The summed E-state index contributed by atoms with van der Waals surface area (Å²) in [5, 5.41) is 8.50. The molecule has 1 aliphatic carbocycles. The van der Waals surface area contributed by atoms with E-state index < -0.39 is 0 Å². The van der Waals surface area contributed by atoms with Gasteiger partial charge in [-0.2, -0.15) is 0 Å². The molecule has 128 valence electrons. The lowest BCUT2D eigenvalue weighted by molar-refractivity contribution is -0.121. The number of nitrogens with zero attached hydrogens (tertiary/aromatic N) is 1. The maximum atomic E-state index is 12.5. The van der Waals surface area contributed by atoms with E-state index in [4.69, 9.17) is 0 Å². The number of amides is 4. The van der Waals surface area contributed by atoms with Crippen molar-refractivity contribution >= 4 is 23.5 Å². The van der Waals surface area contributed by atoms with E-state index in [9.17, 15) is 14.4 Å². The molecule has 0 bridgehead atoms. The van der Waals surface area contributed by atoms with Gasteiger partial charge in [0.1, 0.15) is 0 Å². The molecule has 0 radical (unpaired) electrons. The van der Waals surface area contributed by atoms with E-state index in [-0.39, 0.29) is 30.3 Å². The molecular weight excluding hydrogens is 308 g/mol. The summed E-state index contributed by atoms with van der Waals surface area (Å²) >= 11 is 0. The van der Waals surface area contributed by atoms with Crippen LogP contribution >= 0.6 is 0 Å². The molecule has 3 N–H and O–H groups in total. The standard InChI is InChI=1S/C17H22N4O3/c1-11-9-15(22)18-7-8-21(11)17(24)20-14-4-2-3-12(10-14)16(23)19-13-5-6-13/h2-4,10-11,13H,5-9H2,1H3,(H,18,22)(H,19,23)(H,20,24). The van der Waals surface area contributed by atoms with Crippen LogP contribution in [0.25, 0.3) is 0 Å². The van der Waals surface area contributed by atoms with Gasteiger partial charge in [-0.25, -0.2) is 4.79 Å². The molecule has 1 atom stereocenters. The number of hydrogen-bond donors (Lipinski definition) is 3. The average molecular weight is 330 g/mol. The van der Waals surface area contributed by atoms with Crippen molar-refractivity contribution < 1.29 is 14.4 Å². The summed E-state index contributed by atoms with van der Waals surface area (Å²) in [5.41, 5.74) is 1.10. The van der Waals surface area contributed by atoms with Crippen molar-refractivity contribution in [2.45, 2.75) is 38.3 Å². The van der Waals surface area contributed by atoms with Crippen molar-refractivity contribution in [1.82, 2.24) is 15.5 Å². The summed E-state index contributed by atoms with van der Waals surface area (Å²) < 4.78 is 0. The summed E-state index contributed by atoms with van der Waals surface area (Å²) in [4.78, 5) is 37.7. The van der Waals surface area contributed by atoms with Gasteiger partial charge in [-0.3, -0.25) is 9.59 Å². The van der Waals surface area contributed by atoms with Crippen molar-refractivity contribution in [1.29, 1.82) is 0 Å². The van der Waals surface area contributed by atoms with Crippen LogP contribution in [0.2, 0.25) is 0 Å². The third-order valence-corrected chi connectivity index (χ3v) is 4.24. The highest BCUT2D eigenvalue weighted by Gasteiger charge is 2.26. The van der Waals surface area contributed by atoms with Gasteiger partial charge in [0.2, 0.25) is 5.91 Å². The Bertz CT molecular complexity index is 657. The Balaban J connectivity index is 1.65. The van der Waals surface area contributed by atoms with Crippen LogP contribution in [0.15, 0.2) is 24.3 Å². The number of urea groups is 1. The average Bonchev–Trinajstić information content (AvgIpc) is 3.36. The second kappa shape index (κ2) is 6.90. The summed E-state index contributed by atoms with van der Waals surface area (Å²) in [7, 11) is 0. The molecule has 7 nitrogen and oxygen atoms in total. The number of anilines is 1. The molecule has 2 fully saturated rings. The van der Waals surface area contributed by atoms with Crippen LogP contribution in [0, 0.1) is 0 Å². The first-order valence-corrected chi connectivity index (χ1v) is 8.28. The van der Waals surface area contributed by atoms with Crippen LogP contribution in [0.3, 0.4) is 0 Å². The lowest BCUT2D eigenvalue weighted by atomic mass is 10.2. The summed E-state index contributed by atoms with van der Waals surface area (Å²) in [5.74, 6) is -0.164. The van der Waals surface area contributed by atoms with E-state index in [1.54, 1.807) is 29.2 Å². The largest absolute Gasteiger partial charge is 0.354 e. The monoisotopic (exact) mass is 330 g/mol. The van der Waals surface area contributed by atoms with Crippen LogP contribution in [0.1, 0.15) is 36.5 Å². The second-order valence-electron chi connectivity index (χ2n) is 6.36. The maximum absolute atomic E-state index is 12.5. The predicted octanol–water partition coefficient (Wildman–Crippen LogP) is 1.32. The van der Waals surface area contributed by atoms with Crippen LogP contribution in [-0.4, -0.2) is 47.9 Å². The van der Waals surface area contributed by atoms with Gasteiger partial charge in [0, 0.05) is 42.8 Å². The van der Waals surface area contributed by atoms with Gasteiger partial charge in [0.25, 0.3) is 5.91 Å². The van der Waals surface area contributed by atoms with Gasteiger partial charge >= 0.3 is 6.03 Å². The van der Waals surface area contributed by atoms with Gasteiger partial charge in [-0.15, -0.1) is 0 Å². The van der Waals surface area contributed by atoms with E-state index in [1.807, 2.05) is 6.92 Å². The number of rotatable bonds is 3. The molecule has 3 rings (SSSR count). The fraction of sp³-hybridized carbons (Fsp3) is 0.471. The van der Waals surface area contributed by atoms with E-state index in [1.165, 1.54) is 0 Å². The highest BCUT2D eigenvalue weighted by Crippen LogP contribution is 2.20. The van der Waals surface area contributed by atoms with E-state index in [2.05, 4.69) is 16.0 Å². The molecule has 2 aliphatic rings. The minimum absolute atomic E-state index is 0.0449. The minimum atomic E-state index is -0.265. The predicted molar refractivity (Wildman–Crippen MR) is 89.7 cm³/mol. The molecule has 4 amide bonds. The zero-order chi connectivity index (χ0) is 17.1. The Hall–Kier alpha value is -2.57. The smallest absolute Gasteiger partial charge is 0.322 e. The lowest BCUT2D eigenvalue weighted by Gasteiger charge is -2.26. The summed E-state index contributed by atoms with van der Waals surface area (Å²) in [6.07, 6.45) is 2.35. The molecule has 1 unspecified atom stereocenters. The first kappa shape index (κ1) is 16.3. The van der Waals surface area contributed by atoms with Crippen LogP contribution in [-0.2, 0) is 4.79 Å². The Morgan fingerprint density at radius 1 is 1.29 bits per heavy atom. The van der Waals surface area contributed by atoms with Crippen molar-refractivity contribution in [2.75, 3.05) is 18.4 Å². The summed E-state index contributed by atoms with van der Waals surface area (Å²) in [6.45, 7) is 2.75. The molecule has 1 aromatic carbocycles. The third kappa shape index (κ3) is 4.04. The Labute approximate surface area is 140 Å². The fourth-order valence-corrected chi connectivity index (χ4v) is 2.72. The highest BCUT2D eigenvalue weighted by molar-refractivity contribution is 5.97. The Morgan fingerprint density at radius 2 is 2.08 bits per heavy atom. The Kier molecular flexibility index (Phi) is 4.69. The van der Waals surface area contributed by atoms with E-state index in [0.29, 0.717) is 30.4 Å². The van der Waals surface area contributed by atoms with Gasteiger partial charge in [-0.1, -0.05) is 6.07 Å². The lowest BCUT2D eigenvalue weighted by Crippen LogP contribution is -2.42. The molecule has 1 aliphatic heterocycles. The van der Waals surface area contributed by atoms with Gasteiger partial charge < -0.3 is 20.9 Å². The molecule has 1 saturated carbocycles. The topological polar surface area (TPSA) is 90.5 Å². The fourth-order valence-electron chi connectivity index (χ4n) is 2.72. The van der Waals surface area contributed by atoms with Crippen molar-refractivity contribution in [3.8, 4) is 0 Å². The normalized spacial score (nSPS) is 20.8. The van der Waals surface area contributed by atoms with Crippen LogP contribution < -0.4 is 16.0 Å². The number of carbonyl (C=O) groups is 3. The number of benzene rings is 1. The van der Waals surface area contributed by atoms with Gasteiger partial charge in [-0.05, 0) is 38.0 Å². The molecule has 0 spiro atoms. The highest BCUT2D eigenvalue weighted by atomic mass is 16.2. The molecule has 1 heterocycles. The first-order valence-electron chi connectivity index (χ1n) is 8.28. The molecule has 1 aromatic rings. The van der Waals surface area contributed by atoms with Gasteiger partial charge in [0.15, 0.2) is 0 Å². The zero-order valence-corrected chi connectivity index (χ0v) is 13.7. The molecule has 1 saturated heterocycles.